The Bertz CT molecular complexity index is 3350. The fraction of sp³-hybridized carbons (Fsp3) is 0.276. The van der Waals surface area contributed by atoms with Crippen LogP contribution in [0.1, 0.15) is 100 Å². The molecule has 4 aliphatic heterocycles. The first-order valence-electron chi connectivity index (χ1n) is 23.2. The summed E-state index contributed by atoms with van der Waals surface area (Å²) < 4.78 is 2.67. The predicted octanol–water partition coefficient (Wildman–Crippen LogP) is 11.8. The highest BCUT2D eigenvalue weighted by atomic mass is 15.3. The second kappa shape index (κ2) is 11.1. The van der Waals surface area contributed by atoms with E-state index in [0.717, 1.165) is 25.7 Å². The van der Waals surface area contributed by atoms with Gasteiger partial charge in [0.2, 0.25) is 0 Å². The first-order valence-corrected chi connectivity index (χ1v) is 23.2. The normalized spacial score (nSPS) is 25.6. The number of anilines is 4. The Morgan fingerprint density at radius 2 is 1.11 bits per heavy atom. The highest BCUT2D eigenvalue weighted by Gasteiger charge is 2.64. The molecule has 5 heterocycles. The van der Waals surface area contributed by atoms with Gasteiger partial charge in [-0.15, -0.1) is 0 Å². The summed E-state index contributed by atoms with van der Waals surface area (Å²) in [6.45, 7) is 17.6. The van der Waals surface area contributed by atoms with Crippen molar-refractivity contribution in [3.63, 3.8) is 0 Å². The number of rotatable bonds is 1. The van der Waals surface area contributed by atoms with Gasteiger partial charge in [-0.3, -0.25) is 0 Å². The lowest BCUT2D eigenvalue weighted by atomic mass is 9.33. The van der Waals surface area contributed by atoms with E-state index < -0.39 is 0 Å². The Labute approximate surface area is 366 Å². The first kappa shape index (κ1) is 35.6. The molecular formula is C58H52BN3. The highest BCUT2D eigenvalue weighted by molar-refractivity contribution is 7.00. The Kier molecular flexibility index (Phi) is 6.39. The Morgan fingerprint density at radius 3 is 1.84 bits per heavy atom. The maximum absolute atomic E-state index is 2.90. The third kappa shape index (κ3) is 3.79. The molecule has 0 saturated carbocycles. The van der Waals surface area contributed by atoms with Crippen LogP contribution in [0, 0.1) is 0 Å². The average molecular weight is 802 g/mol. The van der Waals surface area contributed by atoms with E-state index in [0.29, 0.717) is 0 Å². The van der Waals surface area contributed by atoms with Crippen molar-refractivity contribution < 1.29 is 0 Å². The molecule has 4 atom stereocenters. The number of benzene rings is 7. The molecule has 0 fully saturated rings. The number of nitrogens with zero attached hydrogens (tertiary/aromatic N) is 3. The van der Waals surface area contributed by atoms with E-state index in [1.54, 1.807) is 0 Å². The van der Waals surface area contributed by atoms with Crippen LogP contribution in [0.3, 0.4) is 0 Å². The summed E-state index contributed by atoms with van der Waals surface area (Å²) in [5, 5.41) is 2.67. The molecule has 3 nitrogen and oxygen atoms in total. The van der Waals surface area contributed by atoms with Crippen molar-refractivity contribution in [1.29, 1.82) is 0 Å². The number of para-hydroxylation sites is 3. The maximum atomic E-state index is 2.90. The van der Waals surface area contributed by atoms with Gasteiger partial charge in [-0.2, -0.15) is 0 Å². The topological polar surface area (TPSA) is 11.4 Å². The molecule has 6 aliphatic rings. The summed E-state index contributed by atoms with van der Waals surface area (Å²) in [7, 11) is 0. The van der Waals surface area contributed by atoms with Gasteiger partial charge in [0.15, 0.2) is 0 Å². The van der Waals surface area contributed by atoms with E-state index in [4.69, 9.17) is 0 Å². The van der Waals surface area contributed by atoms with E-state index in [2.05, 4.69) is 202 Å². The van der Waals surface area contributed by atoms with Crippen LogP contribution in [0.2, 0.25) is 0 Å². The minimum absolute atomic E-state index is 0.0116. The summed E-state index contributed by atoms with van der Waals surface area (Å²) in [6.07, 6.45) is 4.39. The maximum Gasteiger partial charge on any atom is 0.252 e. The van der Waals surface area contributed by atoms with Crippen molar-refractivity contribution in [1.82, 2.24) is 4.57 Å². The molecule has 0 spiro atoms. The number of aryl methyl sites for hydroxylation is 2. The van der Waals surface area contributed by atoms with Gasteiger partial charge in [0.05, 0.1) is 16.6 Å². The van der Waals surface area contributed by atoms with E-state index in [1.165, 1.54) is 106 Å². The summed E-state index contributed by atoms with van der Waals surface area (Å²) in [4.78, 5) is 5.69. The minimum Gasteiger partial charge on any atom is -0.331 e. The molecule has 0 amide bonds. The van der Waals surface area contributed by atoms with Gasteiger partial charge in [-0.05, 0) is 125 Å². The Hall–Kier alpha value is -6.00. The monoisotopic (exact) mass is 801 g/mol. The van der Waals surface area contributed by atoms with Crippen molar-refractivity contribution >= 4 is 67.7 Å². The highest BCUT2D eigenvalue weighted by Crippen LogP contribution is 2.67. The summed E-state index contributed by atoms with van der Waals surface area (Å²) in [5.41, 5.74) is 23.2. The fourth-order valence-corrected chi connectivity index (χ4v) is 14.6. The van der Waals surface area contributed by atoms with Crippen LogP contribution in [0.5, 0.6) is 0 Å². The number of fused-ring (bicyclic) bond motifs is 17. The molecule has 0 saturated heterocycles. The van der Waals surface area contributed by atoms with Crippen LogP contribution in [-0.4, -0.2) is 11.3 Å². The second-order valence-corrected chi connectivity index (χ2v) is 21.4. The molecule has 0 N–H and O–H groups in total. The largest absolute Gasteiger partial charge is 0.331 e. The van der Waals surface area contributed by atoms with Crippen molar-refractivity contribution in [2.45, 2.75) is 101 Å². The first-order chi connectivity index (χ1) is 29.9. The molecule has 62 heavy (non-hydrogen) atoms. The number of aromatic nitrogens is 1. The molecule has 8 aromatic rings. The number of hydrogen-bond acceptors (Lipinski definition) is 2. The van der Waals surface area contributed by atoms with Crippen LogP contribution < -0.4 is 26.2 Å². The molecular weight excluding hydrogens is 749 g/mol. The van der Waals surface area contributed by atoms with Gasteiger partial charge in [-0.25, -0.2) is 0 Å². The van der Waals surface area contributed by atoms with Crippen LogP contribution in [-0.2, 0) is 40.2 Å². The number of hydrogen-bond donors (Lipinski definition) is 0. The van der Waals surface area contributed by atoms with Crippen LogP contribution >= 0.6 is 0 Å². The second-order valence-electron chi connectivity index (χ2n) is 21.4. The summed E-state index contributed by atoms with van der Waals surface area (Å²) in [6, 6.07) is 55.0. The van der Waals surface area contributed by atoms with E-state index in [-0.39, 0.29) is 34.0 Å². The molecule has 4 heteroatoms. The van der Waals surface area contributed by atoms with E-state index >= 15 is 0 Å². The van der Waals surface area contributed by atoms with E-state index in [9.17, 15) is 0 Å². The van der Waals surface area contributed by atoms with Gasteiger partial charge in [0, 0.05) is 55.6 Å². The van der Waals surface area contributed by atoms with Gasteiger partial charge >= 0.3 is 0 Å². The summed E-state index contributed by atoms with van der Waals surface area (Å²) >= 11 is 0. The SMILES string of the molecule is CC(C)(C)c1cc2c3c(c1)C1(C)CCc4ccccc4C1(C)N3c1cc(N3c4ccccc4C4(C)CCc5ccccc5C34C)cc3c1B2c1cccc2c4ccccc4n-3c12. The molecule has 2 aliphatic carbocycles. The lowest BCUT2D eigenvalue weighted by Gasteiger charge is -2.54. The van der Waals surface area contributed by atoms with Gasteiger partial charge < -0.3 is 14.4 Å². The van der Waals surface area contributed by atoms with E-state index in [1.807, 2.05) is 0 Å². The molecule has 0 bridgehead atoms. The molecule has 4 unspecified atom stereocenters. The summed E-state index contributed by atoms with van der Waals surface area (Å²) in [5.74, 6) is 0. The third-order valence-electron chi connectivity index (χ3n) is 18.0. The van der Waals surface area contributed by atoms with Crippen molar-refractivity contribution in [2.24, 2.45) is 0 Å². The van der Waals surface area contributed by atoms with Crippen LogP contribution in [0.15, 0.2) is 140 Å². The minimum atomic E-state index is -0.323. The van der Waals surface area contributed by atoms with Gasteiger partial charge in [-0.1, -0.05) is 150 Å². The standard InChI is InChI=1S/C58H52BN3/c1-54(2,3)37-31-44-53-46(32-37)59-45-24-16-20-40-39-19-10-14-25-47(39)60(52(40)45)49-33-38(34-50(51(49)59)62(53)58(7)42-22-12-9-18-36(42)28-30-56(44,58)5)61-48-26-15-13-23-43(48)55(4)29-27-35-17-8-11-21-41(35)57(55,61)6/h8-26,31-34H,27-30H2,1-7H3. The predicted molar refractivity (Wildman–Crippen MR) is 260 cm³/mol. The molecule has 0 radical (unpaired) electrons. The Morgan fingerprint density at radius 1 is 0.516 bits per heavy atom. The zero-order valence-corrected chi connectivity index (χ0v) is 37.0. The zero-order chi connectivity index (χ0) is 41.9. The Balaban J connectivity index is 1.17. The smallest absolute Gasteiger partial charge is 0.252 e. The zero-order valence-electron chi connectivity index (χ0n) is 37.0. The molecule has 1 aromatic heterocycles. The fourth-order valence-electron chi connectivity index (χ4n) is 14.6. The van der Waals surface area contributed by atoms with Crippen LogP contribution in [0.4, 0.5) is 22.7 Å². The van der Waals surface area contributed by atoms with Crippen molar-refractivity contribution in [2.75, 3.05) is 9.80 Å². The average Bonchev–Trinajstić information content (AvgIpc) is 3.81. The lowest BCUT2D eigenvalue weighted by molar-refractivity contribution is 0.244. The van der Waals surface area contributed by atoms with Gasteiger partial charge in [0.25, 0.3) is 6.71 Å². The lowest BCUT2D eigenvalue weighted by Crippen LogP contribution is -2.63. The van der Waals surface area contributed by atoms with Crippen molar-refractivity contribution in [3.8, 4) is 5.69 Å². The molecule has 14 rings (SSSR count). The molecule has 302 valence electrons. The van der Waals surface area contributed by atoms with Crippen LogP contribution in [0.25, 0.3) is 27.5 Å². The van der Waals surface area contributed by atoms with Crippen molar-refractivity contribution in [3.05, 3.63) is 178 Å². The molecule has 7 aromatic carbocycles. The quantitative estimate of drug-likeness (QED) is 0.153. The third-order valence-corrected chi connectivity index (χ3v) is 18.0. The van der Waals surface area contributed by atoms with Gasteiger partial charge in [0.1, 0.15) is 0 Å².